The van der Waals surface area contributed by atoms with Crippen LogP contribution >= 0.6 is 0 Å². The second-order valence-electron chi connectivity index (χ2n) is 4.34. The zero-order valence-electron chi connectivity index (χ0n) is 10.8. The fraction of sp³-hybridized carbons (Fsp3) is 0.571. The van der Waals surface area contributed by atoms with Crippen LogP contribution in [0.15, 0.2) is 18.2 Å². The molecule has 2 N–H and O–H groups in total. The molecule has 0 bridgehead atoms. The molecule has 0 aliphatic heterocycles. The Balaban J connectivity index is 2.68. The molecule has 96 valence electrons. The lowest BCUT2D eigenvalue weighted by Crippen LogP contribution is -2.25. The van der Waals surface area contributed by atoms with E-state index in [-0.39, 0.29) is 0 Å². The maximum atomic E-state index is 9.74. The van der Waals surface area contributed by atoms with Crippen LogP contribution in [0.1, 0.15) is 30.9 Å². The van der Waals surface area contributed by atoms with Crippen LogP contribution in [-0.4, -0.2) is 29.5 Å². The summed E-state index contributed by atoms with van der Waals surface area (Å²) in [6.45, 7) is 3.89. The number of aliphatic hydroxyl groups excluding tert-OH is 2. The predicted molar refractivity (Wildman–Crippen MR) is 68.4 cm³/mol. The van der Waals surface area contributed by atoms with Crippen LogP contribution in [0.5, 0.6) is 5.75 Å². The number of aliphatic hydroxyl groups is 2. The molecule has 3 heteroatoms. The van der Waals surface area contributed by atoms with E-state index in [1.165, 1.54) is 0 Å². The van der Waals surface area contributed by atoms with Gasteiger partial charge in [-0.3, -0.25) is 0 Å². The predicted octanol–water partition coefficient (Wildman–Crippen LogP) is 2.07. The van der Waals surface area contributed by atoms with E-state index in [1.807, 2.05) is 32.0 Å². The van der Waals surface area contributed by atoms with E-state index in [2.05, 4.69) is 0 Å². The Morgan fingerprint density at radius 1 is 1.24 bits per heavy atom. The Labute approximate surface area is 103 Å². The fourth-order valence-electron chi connectivity index (χ4n) is 1.94. The number of benzene rings is 1. The molecule has 1 aromatic carbocycles. The molecule has 0 aromatic heterocycles. The minimum atomic E-state index is -0.663. The molecule has 2 atom stereocenters. The van der Waals surface area contributed by atoms with E-state index in [4.69, 9.17) is 4.74 Å². The average molecular weight is 238 g/mol. The summed E-state index contributed by atoms with van der Waals surface area (Å²) in [6.07, 6.45) is 0.547. The summed E-state index contributed by atoms with van der Waals surface area (Å²) < 4.78 is 5.30. The van der Waals surface area contributed by atoms with Gasteiger partial charge in [-0.25, -0.2) is 0 Å². The van der Waals surface area contributed by atoms with Crippen molar-refractivity contribution in [2.75, 3.05) is 7.11 Å². The minimum absolute atomic E-state index is 0.552. The molecular formula is C14H22O3. The summed E-state index contributed by atoms with van der Waals surface area (Å²) >= 11 is 0. The molecule has 0 radical (unpaired) electrons. The van der Waals surface area contributed by atoms with E-state index in [1.54, 1.807) is 7.11 Å². The van der Waals surface area contributed by atoms with Gasteiger partial charge in [-0.1, -0.05) is 19.1 Å². The molecule has 0 saturated heterocycles. The smallest absolute Gasteiger partial charge is 0.122 e. The van der Waals surface area contributed by atoms with Gasteiger partial charge in [0.15, 0.2) is 0 Å². The maximum Gasteiger partial charge on any atom is 0.122 e. The molecule has 0 amide bonds. The van der Waals surface area contributed by atoms with Crippen molar-refractivity contribution in [2.24, 2.45) is 0 Å². The molecule has 17 heavy (non-hydrogen) atoms. The van der Waals surface area contributed by atoms with Crippen molar-refractivity contribution in [1.29, 1.82) is 0 Å². The summed E-state index contributed by atoms with van der Waals surface area (Å²) in [5.41, 5.74) is 2.26. The van der Waals surface area contributed by atoms with Gasteiger partial charge in [0.2, 0.25) is 0 Å². The molecular weight excluding hydrogens is 216 g/mol. The first kappa shape index (κ1) is 14.0. The third-order valence-corrected chi connectivity index (χ3v) is 3.14. The Hall–Kier alpha value is -1.06. The second-order valence-corrected chi connectivity index (χ2v) is 4.34. The highest BCUT2D eigenvalue weighted by Gasteiger charge is 2.15. The molecule has 0 saturated carbocycles. The summed E-state index contributed by atoms with van der Waals surface area (Å²) in [5, 5.41) is 19.3. The minimum Gasteiger partial charge on any atom is -0.496 e. The summed E-state index contributed by atoms with van der Waals surface area (Å²) in [5.74, 6) is 0.850. The van der Waals surface area contributed by atoms with Crippen molar-refractivity contribution >= 4 is 0 Å². The molecule has 0 spiro atoms. The van der Waals surface area contributed by atoms with Gasteiger partial charge in [-0.15, -0.1) is 0 Å². The topological polar surface area (TPSA) is 49.7 Å². The van der Waals surface area contributed by atoms with Crippen LogP contribution in [0.3, 0.4) is 0 Å². The van der Waals surface area contributed by atoms with E-state index >= 15 is 0 Å². The summed E-state index contributed by atoms with van der Waals surface area (Å²) in [6, 6.07) is 5.90. The van der Waals surface area contributed by atoms with Crippen molar-refractivity contribution in [2.45, 2.75) is 45.3 Å². The third-order valence-electron chi connectivity index (χ3n) is 3.14. The highest BCUT2D eigenvalue weighted by molar-refractivity contribution is 5.39. The van der Waals surface area contributed by atoms with Crippen LogP contribution in [0.4, 0.5) is 0 Å². The summed E-state index contributed by atoms with van der Waals surface area (Å²) in [4.78, 5) is 0. The number of hydrogen-bond acceptors (Lipinski definition) is 3. The maximum absolute atomic E-state index is 9.74. The number of hydrogen-bond donors (Lipinski definition) is 2. The quantitative estimate of drug-likeness (QED) is 0.797. The number of rotatable bonds is 6. The lowest BCUT2D eigenvalue weighted by molar-refractivity contribution is 0.0130. The van der Waals surface area contributed by atoms with Gasteiger partial charge >= 0.3 is 0 Å². The van der Waals surface area contributed by atoms with Gasteiger partial charge in [0, 0.05) is 0 Å². The van der Waals surface area contributed by atoms with Crippen molar-refractivity contribution in [3.63, 3.8) is 0 Å². The van der Waals surface area contributed by atoms with E-state index < -0.39 is 12.2 Å². The molecule has 3 nitrogen and oxygen atoms in total. The fourth-order valence-corrected chi connectivity index (χ4v) is 1.94. The van der Waals surface area contributed by atoms with E-state index in [0.29, 0.717) is 19.3 Å². The van der Waals surface area contributed by atoms with Gasteiger partial charge in [-0.05, 0) is 43.4 Å². The first-order chi connectivity index (χ1) is 8.10. The normalized spacial score (nSPS) is 14.4. The molecule has 0 aliphatic carbocycles. The summed E-state index contributed by atoms with van der Waals surface area (Å²) in [7, 11) is 1.65. The lowest BCUT2D eigenvalue weighted by Gasteiger charge is -2.17. The Morgan fingerprint density at radius 3 is 2.53 bits per heavy atom. The van der Waals surface area contributed by atoms with Crippen molar-refractivity contribution in [3.05, 3.63) is 29.3 Å². The number of ether oxygens (including phenoxy) is 1. The van der Waals surface area contributed by atoms with Gasteiger partial charge in [0.05, 0.1) is 19.3 Å². The number of aryl methyl sites for hydroxylation is 1. The van der Waals surface area contributed by atoms with Crippen LogP contribution in [0.2, 0.25) is 0 Å². The van der Waals surface area contributed by atoms with Crippen molar-refractivity contribution in [1.82, 2.24) is 0 Å². The highest BCUT2D eigenvalue weighted by atomic mass is 16.5. The number of methoxy groups -OCH3 is 1. The van der Waals surface area contributed by atoms with Gasteiger partial charge < -0.3 is 14.9 Å². The second kappa shape index (κ2) is 6.62. The zero-order valence-corrected chi connectivity index (χ0v) is 10.8. The van der Waals surface area contributed by atoms with Gasteiger partial charge in [-0.2, -0.15) is 0 Å². The zero-order chi connectivity index (χ0) is 12.8. The Morgan fingerprint density at radius 2 is 1.94 bits per heavy atom. The Bertz CT molecular complexity index is 349. The van der Waals surface area contributed by atoms with Crippen LogP contribution < -0.4 is 4.74 Å². The Kier molecular flexibility index (Phi) is 5.45. The SMILES string of the molecule is CCC(O)C(O)CCc1c(C)cccc1OC. The molecule has 0 fully saturated rings. The van der Waals surface area contributed by atoms with Crippen molar-refractivity contribution in [3.8, 4) is 5.75 Å². The van der Waals surface area contributed by atoms with Crippen LogP contribution in [0.25, 0.3) is 0 Å². The highest BCUT2D eigenvalue weighted by Crippen LogP contribution is 2.24. The standard InChI is InChI=1S/C14H22O3/c1-4-12(15)13(16)9-8-11-10(2)6-5-7-14(11)17-3/h5-7,12-13,15-16H,4,8-9H2,1-3H3. The van der Waals surface area contributed by atoms with Gasteiger partial charge in [0.25, 0.3) is 0 Å². The molecule has 1 rings (SSSR count). The van der Waals surface area contributed by atoms with Crippen LogP contribution in [-0.2, 0) is 6.42 Å². The van der Waals surface area contributed by atoms with E-state index in [9.17, 15) is 10.2 Å². The van der Waals surface area contributed by atoms with Gasteiger partial charge in [0.1, 0.15) is 5.75 Å². The molecule has 2 unspecified atom stereocenters. The van der Waals surface area contributed by atoms with Crippen molar-refractivity contribution < 1.29 is 14.9 Å². The third kappa shape index (κ3) is 3.72. The molecule has 0 heterocycles. The first-order valence-electron chi connectivity index (χ1n) is 6.08. The van der Waals surface area contributed by atoms with Crippen LogP contribution in [0, 0.1) is 6.92 Å². The first-order valence-corrected chi connectivity index (χ1v) is 6.08. The average Bonchev–Trinajstić information content (AvgIpc) is 2.35. The molecule has 0 aliphatic rings. The lowest BCUT2D eigenvalue weighted by atomic mass is 9.98. The molecule has 1 aromatic rings. The largest absolute Gasteiger partial charge is 0.496 e. The van der Waals surface area contributed by atoms with E-state index in [0.717, 1.165) is 16.9 Å². The monoisotopic (exact) mass is 238 g/mol.